The summed E-state index contributed by atoms with van der Waals surface area (Å²) in [6.07, 6.45) is 1.72. The normalized spacial score (nSPS) is 15.2. The topological polar surface area (TPSA) is 134 Å². The number of halogens is 1. The number of nitrogens with zero attached hydrogens (tertiary/aromatic N) is 5. The molecule has 2 aromatic carbocycles. The van der Waals surface area contributed by atoms with Crippen molar-refractivity contribution in [3.8, 4) is 22.9 Å². The first-order valence-corrected chi connectivity index (χ1v) is 14.2. The fourth-order valence-corrected chi connectivity index (χ4v) is 5.08. The van der Waals surface area contributed by atoms with Gasteiger partial charge in [0, 0.05) is 30.3 Å². The van der Waals surface area contributed by atoms with E-state index in [1.807, 2.05) is 6.07 Å². The first-order chi connectivity index (χ1) is 20.9. The van der Waals surface area contributed by atoms with E-state index in [1.165, 1.54) is 16.8 Å². The average Bonchev–Trinajstić information content (AvgIpc) is 3.79. The van der Waals surface area contributed by atoms with Gasteiger partial charge in [-0.05, 0) is 66.9 Å². The molecule has 43 heavy (non-hydrogen) atoms. The van der Waals surface area contributed by atoms with Gasteiger partial charge in [-0.2, -0.15) is 4.80 Å². The molecule has 0 bridgehead atoms. The standard InChI is InChI=1S/C30H33ClN6O6/c1-19-10-12-25(43-19)28(30(39)32-16-22-8-6-14-42-22)36(17-21-7-4-5-9-23(21)31)27(38)18-37-34-29(33-35-37)20-11-13-24(40-2)26(15-20)41-3/h4-5,7,9-13,15,22,28H,6,8,14,16-18H2,1-3H3,(H,32,39)/t22-,28-/m1/s1. The van der Waals surface area contributed by atoms with Crippen molar-refractivity contribution in [2.24, 2.45) is 0 Å². The number of benzene rings is 2. The molecular weight excluding hydrogens is 576 g/mol. The maximum Gasteiger partial charge on any atom is 0.250 e. The molecule has 0 aliphatic carbocycles. The summed E-state index contributed by atoms with van der Waals surface area (Å²) in [4.78, 5) is 30.4. The van der Waals surface area contributed by atoms with Crippen LogP contribution in [0.3, 0.4) is 0 Å². The fourth-order valence-electron chi connectivity index (χ4n) is 4.89. The summed E-state index contributed by atoms with van der Waals surface area (Å²) < 4.78 is 22.3. The SMILES string of the molecule is COc1ccc(-c2nnn(CC(=O)N(Cc3ccccc3Cl)[C@@H](C(=O)NC[C@H]3CCCO3)c3ccc(C)o3)n2)cc1OC. The number of nitrogens with one attached hydrogen (secondary N) is 1. The van der Waals surface area contributed by atoms with E-state index in [1.54, 1.807) is 62.6 Å². The van der Waals surface area contributed by atoms with Crippen LogP contribution in [-0.2, 0) is 27.4 Å². The number of rotatable bonds is 12. The number of methoxy groups -OCH3 is 2. The minimum Gasteiger partial charge on any atom is -0.493 e. The fraction of sp³-hybridized carbons (Fsp3) is 0.367. The maximum atomic E-state index is 14.0. The van der Waals surface area contributed by atoms with Crippen molar-refractivity contribution in [3.63, 3.8) is 0 Å². The van der Waals surface area contributed by atoms with E-state index < -0.39 is 17.9 Å². The van der Waals surface area contributed by atoms with Gasteiger partial charge in [-0.3, -0.25) is 9.59 Å². The third-order valence-electron chi connectivity index (χ3n) is 7.11. The molecule has 3 heterocycles. The zero-order valence-corrected chi connectivity index (χ0v) is 24.9. The van der Waals surface area contributed by atoms with Crippen LogP contribution in [-0.4, -0.2) is 70.4 Å². The van der Waals surface area contributed by atoms with Gasteiger partial charge in [0.25, 0.3) is 5.91 Å². The number of carbonyl (C=O) groups is 2. The van der Waals surface area contributed by atoms with E-state index in [0.717, 1.165) is 12.8 Å². The van der Waals surface area contributed by atoms with Crippen molar-refractivity contribution in [2.45, 2.75) is 45.0 Å². The minimum absolute atomic E-state index is 0.0352. The van der Waals surface area contributed by atoms with Crippen molar-refractivity contribution in [2.75, 3.05) is 27.4 Å². The lowest BCUT2D eigenvalue weighted by atomic mass is 10.1. The van der Waals surface area contributed by atoms with E-state index in [-0.39, 0.29) is 19.2 Å². The Morgan fingerprint density at radius 2 is 1.95 bits per heavy atom. The molecule has 4 aromatic rings. The van der Waals surface area contributed by atoms with Gasteiger partial charge in [0.05, 0.1) is 20.3 Å². The second kappa shape index (κ2) is 13.7. The smallest absolute Gasteiger partial charge is 0.250 e. The number of aromatic nitrogens is 4. The van der Waals surface area contributed by atoms with E-state index in [0.29, 0.717) is 58.1 Å². The number of amides is 2. The molecular formula is C30H33ClN6O6. The van der Waals surface area contributed by atoms with Crippen LogP contribution < -0.4 is 14.8 Å². The summed E-state index contributed by atoms with van der Waals surface area (Å²) in [5.74, 6) is 1.43. The Morgan fingerprint density at radius 3 is 2.65 bits per heavy atom. The predicted octanol–water partition coefficient (Wildman–Crippen LogP) is 3.98. The molecule has 1 N–H and O–H groups in total. The monoisotopic (exact) mass is 608 g/mol. The Kier molecular flexibility index (Phi) is 9.58. The van der Waals surface area contributed by atoms with E-state index >= 15 is 0 Å². The predicted molar refractivity (Wildman–Crippen MR) is 157 cm³/mol. The van der Waals surface area contributed by atoms with Gasteiger partial charge in [-0.15, -0.1) is 10.2 Å². The van der Waals surface area contributed by atoms with Crippen LogP contribution in [0.1, 0.15) is 36.0 Å². The Morgan fingerprint density at radius 1 is 1.14 bits per heavy atom. The lowest BCUT2D eigenvalue weighted by molar-refractivity contribution is -0.143. The number of carbonyl (C=O) groups excluding carboxylic acids is 2. The van der Waals surface area contributed by atoms with Gasteiger partial charge in [0.2, 0.25) is 11.7 Å². The van der Waals surface area contributed by atoms with Crippen LogP contribution in [0.25, 0.3) is 11.4 Å². The van der Waals surface area contributed by atoms with E-state index in [4.69, 9.17) is 30.2 Å². The summed E-state index contributed by atoms with van der Waals surface area (Å²) in [5.41, 5.74) is 1.29. The van der Waals surface area contributed by atoms with Gasteiger partial charge < -0.3 is 28.8 Å². The minimum atomic E-state index is -1.09. The van der Waals surface area contributed by atoms with Crippen LogP contribution in [0.5, 0.6) is 11.5 Å². The first kappa shape index (κ1) is 30.1. The zero-order valence-electron chi connectivity index (χ0n) is 24.2. The summed E-state index contributed by atoms with van der Waals surface area (Å²) >= 11 is 6.49. The number of ether oxygens (including phenoxy) is 3. The Hall–Kier alpha value is -4.42. The molecule has 2 atom stereocenters. The molecule has 5 rings (SSSR count). The van der Waals surface area contributed by atoms with Crippen molar-refractivity contribution < 1.29 is 28.2 Å². The maximum absolute atomic E-state index is 14.0. The lowest BCUT2D eigenvalue weighted by Crippen LogP contribution is -2.46. The van der Waals surface area contributed by atoms with Crippen molar-refractivity contribution in [3.05, 3.63) is 76.7 Å². The Labute approximate surface area is 253 Å². The van der Waals surface area contributed by atoms with E-state index in [2.05, 4.69) is 20.7 Å². The second-order valence-corrected chi connectivity index (χ2v) is 10.5. The Bertz CT molecular complexity index is 1570. The summed E-state index contributed by atoms with van der Waals surface area (Å²) in [6, 6.07) is 14.7. The van der Waals surface area contributed by atoms with Gasteiger partial charge in [-0.1, -0.05) is 29.8 Å². The molecule has 12 nitrogen and oxygen atoms in total. The van der Waals surface area contributed by atoms with Crippen LogP contribution >= 0.6 is 11.6 Å². The first-order valence-electron chi connectivity index (χ1n) is 13.8. The number of aryl methyl sites for hydroxylation is 1. The molecule has 1 saturated heterocycles. The third kappa shape index (κ3) is 7.15. The van der Waals surface area contributed by atoms with Crippen LogP contribution in [0.2, 0.25) is 5.02 Å². The lowest BCUT2D eigenvalue weighted by Gasteiger charge is -2.30. The molecule has 0 radical (unpaired) electrons. The van der Waals surface area contributed by atoms with Crippen LogP contribution in [0.4, 0.5) is 0 Å². The molecule has 1 aliphatic heterocycles. The van der Waals surface area contributed by atoms with E-state index in [9.17, 15) is 9.59 Å². The average molecular weight is 609 g/mol. The summed E-state index contributed by atoms with van der Waals surface area (Å²) in [5, 5.41) is 16.1. The summed E-state index contributed by atoms with van der Waals surface area (Å²) in [7, 11) is 3.08. The number of tetrazole rings is 1. The highest BCUT2D eigenvalue weighted by Gasteiger charge is 2.35. The molecule has 1 aliphatic rings. The van der Waals surface area contributed by atoms with Gasteiger partial charge >= 0.3 is 0 Å². The molecule has 0 saturated carbocycles. The molecule has 2 amide bonds. The van der Waals surface area contributed by atoms with Crippen LogP contribution in [0.15, 0.2) is 59.0 Å². The van der Waals surface area contributed by atoms with Crippen molar-refractivity contribution in [1.82, 2.24) is 30.4 Å². The van der Waals surface area contributed by atoms with Gasteiger partial charge in [0.15, 0.2) is 17.5 Å². The zero-order chi connectivity index (χ0) is 30.3. The second-order valence-electron chi connectivity index (χ2n) is 10.1. The third-order valence-corrected chi connectivity index (χ3v) is 7.48. The number of furan rings is 1. The highest BCUT2D eigenvalue weighted by atomic mass is 35.5. The van der Waals surface area contributed by atoms with Crippen molar-refractivity contribution in [1.29, 1.82) is 0 Å². The van der Waals surface area contributed by atoms with Gasteiger partial charge in [-0.25, -0.2) is 0 Å². The highest BCUT2D eigenvalue weighted by Crippen LogP contribution is 2.31. The molecule has 1 fully saturated rings. The highest BCUT2D eigenvalue weighted by molar-refractivity contribution is 6.31. The quantitative estimate of drug-likeness (QED) is 0.253. The molecule has 2 aromatic heterocycles. The molecule has 0 spiro atoms. The number of hydrogen-bond donors (Lipinski definition) is 1. The largest absolute Gasteiger partial charge is 0.493 e. The van der Waals surface area contributed by atoms with Gasteiger partial charge in [0.1, 0.15) is 18.1 Å². The molecule has 226 valence electrons. The molecule has 0 unspecified atom stereocenters. The molecule has 13 heteroatoms. The summed E-state index contributed by atoms with van der Waals surface area (Å²) in [6.45, 7) is 2.50. The van der Waals surface area contributed by atoms with Crippen molar-refractivity contribution >= 4 is 23.4 Å². The van der Waals surface area contributed by atoms with Crippen LogP contribution in [0, 0.1) is 6.92 Å². The Balaban J connectivity index is 1.44. The number of hydrogen-bond acceptors (Lipinski definition) is 9.